The molecule has 0 aliphatic carbocycles. The molecule has 0 amide bonds. The molecule has 5 rings (SSSR count). The molecule has 2 heterocycles. The number of hydrogen-bond acceptors (Lipinski definition) is 2. The third-order valence-electron chi connectivity index (χ3n) is 5.27. The van der Waals surface area contributed by atoms with Crippen molar-refractivity contribution in [1.29, 1.82) is 0 Å². The molecule has 0 radical (unpaired) electrons. The summed E-state index contributed by atoms with van der Waals surface area (Å²) in [5.41, 5.74) is 9.44. The highest BCUT2D eigenvalue weighted by Crippen LogP contribution is 2.33. The van der Waals surface area contributed by atoms with Gasteiger partial charge in [-0.05, 0) is 88.8 Å². The molecule has 0 saturated heterocycles. The van der Waals surface area contributed by atoms with Gasteiger partial charge >= 0.3 is 0 Å². The summed E-state index contributed by atoms with van der Waals surface area (Å²) in [6, 6.07) is 30.2. The van der Waals surface area contributed by atoms with Crippen molar-refractivity contribution in [2.45, 2.75) is 20.8 Å². The Morgan fingerprint density at radius 3 is 1.77 bits per heavy atom. The summed E-state index contributed by atoms with van der Waals surface area (Å²) in [7, 11) is 0. The molecule has 2 heteroatoms. The number of fused-ring (bicyclic) bond motifs is 1. The van der Waals surface area contributed by atoms with Crippen molar-refractivity contribution in [3.05, 3.63) is 109 Å². The Labute approximate surface area is 184 Å². The van der Waals surface area contributed by atoms with Crippen molar-refractivity contribution < 1.29 is 0 Å². The van der Waals surface area contributed by atoms with Crippen molar-refractivity contribution in [3.8, 4) is 33.4 Å². The van der Waals surface area contributed by atoms with E-state index in [1.54, 1.807) is 0 Å². The van der Waals surface area contributed by atoms with Gasteiger partial charge in [-0.2, -0.15) is 0 Å². The third-order valence-corrected chi connectivity index (χ3v) is 5.27. The Kier molecular flexibility index (Phi) is 6.18. The van der Waals surface area contributed by atoms with Crippen LogP contribution >= 0.6 is 0 Å². The summed E-state index contributed by atoms with van der Waals surface area (Å²) in [5, 5.41) is 1.15. The largest absolute Gasteiger partial charge is 0.265 e. The van der Waals surface area contributed by atoms with Gasteiger partial charge in [0.2, 0.25) is 0 Å². The van der Waals surface area contributed by atoms with Crippen LogP contribution in [0.1, 0.15) is 19.4 Å². The first-order valence-electron chi connectivity index (χ1n) is 10.7. The van der Waals surface area contributed by atoms with Gasteiger partial charge in [-0.3, -0.25) is 9.97 Å². The van der Waals surface area contributed by atoms with Crippen LogP contribution in [-0.4, -0.2) is 9.97 Å². The van der Waals surface area contributed by atoms with Gasteiger partial charge < -0.3 is 0 Å². The highest BCUT2D eigenvalue weighted by molar-refractivity contribution is 5.87. The van der Waals surface area contributed by atoms with E-state index in [9.17, 15) is 0 Å². The number of pyridine rings is 2. The van der Waals surface area contributed by atoms with Gasteiger partial charge in [0.25, 0.3) is 0 Å². The first-order valence-corrected chi connectivity index (χ1v) is 10.7. The molecule has 0 saturated carbocycles. The van der Waals surface area contributed by atoms with Gasteiger partial charge in [0, 0.05) is 24.0 Å². The second kappa shape index (κ2) is 9.36. The minimum atomic E-state index is 1.01. The van der Waals surface area contributed by atoms with Gasteiger partial charge in [-0.25, -0.2) is 0 Å². The monoisotopic (exact) mass is 402 g/mol. The first-order chi connectivity index (χ1) is 15.3. The number of rotatable bonds is 3. The molecule has 2 aromatic heterocycles. The number of aromatic nitrogens is 2. The van der Waals surface area contributed by atoms with E-state index < -0.39 is 0 Å². The van der Waals surface area contributed by atoms with Gasteiger partial charge in [-0.15, -0.1) is 0 Å². The Hall–Kier alpha value is -3.78. The maximum Gasteiger partial charge on any atom is 0.0702 e. The molecule has 31 heavy (non-hydrogen) atoms. The molecule has 3 aromatic carbocycles. The minimum absolute atomic E-state index is 1.01. The summed E-state index contributed by atoms with van der Waals surface area (Å²) in [5.74, 6) is 0. The molecule has 0 aliphatic heterocycles. The lowest BCUT2D eigenvalue weighted by Gasteiger charge is -2.12. The number of nitrogens with zero attached hydrogens (tertiary/aromatic N) is 2. The molecule has 0 N–H and O–H groups in total. The van der Waals surface area contributed by atoms with E-state index in [0.29, 0.717) is 0 Å². The fourth-order valence-corrected chi connectivity index (χ4v) is 3.67. The lowest BCUT2D eigenvalue weighted by Crippen LogP contribution is -1.87. The zero-order valence-corrected chi connectivity index (χ0v) is 18.2. The Balaban J connectivity index is 0.00000112. The zero-order valence-electron chi connectivity index (χ0n) is 18.2. The summed E-state index contributed by atoms with van der Waals surface area (Å²) >= 11 is 0. The van der Waals surface area contributed by atoms with Gasteiger partial charge in [-0.1, -0.05) is 55.8 Å². The second-order valence-corrected chi connectivity index (χ2v) is 7.31. The molecule has 0 spiro atoms. The van der Waals surface area contributed by atoms with Gasteiger partial charge in [0.05, 0.1) is 5.52 Å². The van der Waals surface area contributed by atoms with Crippen LogP contribution in [0.25, 0.3) is 44.3 Å². The molecule has 0 bridgehead atoms. The van der Waals surface area contributed by atoms with Crippen LogP contribution in [0, 0.1) is 6.92 Å². The molecule has 0 fully saturated rings. The van der Waals surface area contributed by atoms with E-state index in [1.165, 1.54) is 33.4 Å². The van der Waals surface area contributed by atoms with Crippen molar-refractivity contribution in [1.82, 2.24) is 9.97 Å². The standard InChI is InChI=1S/C27H20N2.C2H6/c1-19-4-6-20(7-5-19)24-16-25(21-10-13-28-14-11-21)18-26(17-24)22-8-9-27-23(15-22)3-2-12-29-27;1-2/h2-18H,1H3;1-2H3. The lowest BCUT2D eigenvalue weighted by molar-refractivity contribution is 1.33. The fourth-order valence-electron chi connectivity index (χ4n) is 3.67. The lowest BCUT2D eigenvalue weighted by atomic mass is 9.93. The topological polar surface area (TPSA) is 25.8 Å². The highest BCUT2D eigenvalue weighted by atomic mass is 14.6. The fraction of sp³-hybridized carbons (Fsp3) is 0.103. The van der Waals surface area contributed by atoms with Crippen molar-refractivity contribution in [2.24, 2.45) is 0 Å². The van der Waals surface area contributed by atoms with Crippen LogP contribution in [-0.2, 0) is 0 Å². The summed E-state index contributed by atoms with van der Waals surface area (Å²) in [6.07, 6.45) is 5.52. The average Bonchev–Trinajstić information content (AvgIpc) is 2.86. The van der Waals surface area contributed by atoms with Crippen molar-refractivity contribution in [3.63, 3.8) is 0 Å². The highest BCUT2D eigenvalue weighted by Gasteiger charge is 2.08. The molecule has 5 aromatic rings. The number of hydrogen-bond donors (Lipinski definition) is 0. The van der Waals surface area contributed by atoms with Crippen LogP contribution < -0.4 is 0 Å². The molecule has 0 atom stereocenters. The SMILES string of the molecule is CC.Cc1ccc(-c2cc(-c3ccncc3)cc(-c3ccc4ncccc4c3)c2)cc1. The molecule has 2 nitrogen and oxygen atoms in total. The maximum absolute atomic E-state index is 4.45. The number of aryl methyl sites for hydroxylation is 1. The first kappa shape index (κ1) is 20.5. The summed E-state index contributed by atoms with van der Waals surface area (Å²) in [4.78, 5) is 8.62. The van der Waals surface area contributed by atoms with Crippen LogP contribution in [0.4, 0.5) is 0 Å². The van der Waals surface area contributed by atoms with E-state index in [4.69, 9.17) is 0 Å². The quantitative estimate of drug-likeness (QED) is 0.306. The third kappa shape index (κ3) is 4.54. The molecular formula is C29H26N2. The van der Waals surface area contributed by atoms with Gasteiger partial charge in [0.15, 0.2) is 0 Å². The molecule has 0 unspecified atom stereocenters. The smallest absolute Gasteiger partial charge is 0.0702 e. The Morgan fingerprint density at radius 1 is 0.516 bits per heavy atom. The Morgan fingerprint density at radius 2 is 1.10 bits per heavy atom. The van der Waals surface area contributed by atoms with E-state index >= 15 is 0 Å². The van der Waals surface area contributed by atoms with Crippen molar-refractivity contribution >= 4 is 10.9 Å². The Bertz CT molecular complexity index is 1290. The molecular weight excluding hydrogens is 376 g/mol. The zero-order chi connectivity index (χ0) is 21.6. The normalized spacial score (nSPS) is 10.4. The van der Waals surface area contributed by atoms with E-state index in [2.05, 4.69) is 95.8 Å². The van der Waals surface area contributed by atoms with Gasteiger partial charge in [0.1, 0.15) is 0 Å². The average molecular weight is 403 g/mol. The molecule has 152 valence electrons. The van der Waals surface area contributed by atoms with E-state index in [0.717, 1.165) is 16.5 Å². The maximum atomic E-state index is 4.45. The van der Waals surface area contributed by atoms with Crippen LogP contribution in [0.5, 0.6) is 0 Å². The van der Waals surface area contributed by atoms with Crippen LogP contribution in [0.15, 0.2) is 104 Å². The summed E-state index contributed by atoms with van der Waals surface area (Å²) in [6.45, 7) is 6.12. The predicted octanol–water partition coefficient (Wildman–Crippen LogP) is 7.97. The van der Waals surface area contributed by atoms with Crippen molar-refractivity contribution in [2.75, 3.05) is 0 Å². The summed E-state index contributed by atoms with van der Waals surface area (Å²) < 4.78 is 0. The minimum Gasteiger partial charge on any atom is -0.265 e. The van der Waals surface area contributed by atoms with E-state index in [-0.39, 0.29) is 0 Å². The number of benzene rings is 3. The van der Waals surface area contributed by atoms with Crippen LogP contribution in [0.3, 0.4) is 0 Å². The second-order valence-electron chi connectivity index (χ2n) is 7.31. The predicted molar refractivity (Wildman–Crippen MR) is 132 cm³/mol. The molecule has 0 aliphatic rings. The van der Waals surface area contributed by atoms with Crippen LogP contribution in [0.2, 0.25) is 0 Å². The van der Waals surface area contributed by atoms with E-state index in [1.807, 2.05) is 38.5 Å².